The van der Waals surface area contributed by atoms with Crippen LogP contribution in [0.2, 0.25) is 5.02 Å². The van der Waals surface area contributed by atoms with Crippen molar-refractivity contribution >= 4 is 23.2 Å². The van der Waals surface area contributed by atoms with Gasteiger partial charge in [0.25, 0.3) is 0 Å². The quantitative estimate of drug-likeness (QED) is 0.383. The molecule has 108 valence electrons. The number of rotatable bonds is 2. The molecule has 0 aromatic heterocycles. The number of halogens is 2. The molecule has 0 bridgehead atoms. The van der Waals surface area contributed by atoms with E-state index < -0.39 is 0 Å². The van der Waals surface area contributed by atoms with Crippen molar-refractivity contribution in [3.63, 3.8) is 0 Å². The molecule has 0 heterocycles. The summed E-state index contributed by atoms with van der Waals surface area (Å²) in [6.07, 6.45) is 0.928. The van der Waals surface area contributed by atoms with Gasteiger partial charge in [-0.1, -0.05) is 66.2 Å². The van der Waals surface area contributed by atoms with Gasteiger partial charge in [-0.05, 0) is 51.9 Å². The molecule has 1 unspecified atom stereocenters. The van der Waals surface area contributed by atoms with Crippen molar-refractivity contribution in [3.05, 3.63) is 94.0 Å². The maximum absolute atomic E-state index is 6.65. The van der Waals surface area contributed by atoms with E-state index in [1.54, 1.807) is 0 Å². The summed E-state index contributed by atoms with van der Waals surface area (Å²) in [6, 6.07) is 22.9. The zero-order chi connectivity index (χ0) is 15.1. The first-order valence-electron chi connectivity index (χ1n) is 7.33. The second-order valence-electron chi connectivity index (χ2n) is 5.67. The zero-order valence-electron chi connectivity index (χ0n) is 11.9. The standard InChI is InChI=1S/C20H14Cl2/c21-17-7-9-19-16(12-17)11-15-10-14(6-8-18(15)19)20(22)13-4-2-1-3-5-13/h1-10,12,20H,11H2. The molecule has 3 aromatic rings. The summed E-state index contributed by atoms with van der Waals surface area (Å²) < 4.78 is 0. The summed E-state index contributed by atoms with van der Waals surface area (Å²) in [5, 5.41) is 0.685. The number of fused-ring (bicyclic) bond motifs is 3. The molecule has 0 radical (unpaired) electrons. The molecule has 0 fully saturated rings. The Balaban J connectivity index is 1.73. The van der Waals surface area contributed by atoms with Gasteiger partial charge >= 0.3 is 0 Å². The molecule has 0 saturated heterocycles. The van der Waals surface area contributed by atoms with Crippen LogP contribution in [-0.4, -0.2) is 0 Å². The van der Waals surface area contributed by atoms with Gasteiger partial charge in [0.1, 0.15) is 0 Å². The summed E-state index contributed by atoms with van der Waals surface area (Å²) in [6.45, 7) is 0. The fraction of sp³-hybridized carbons (Fsp3) is 0.100. The van der Waals surface area contributed by atoms with Crippen LogP contribution in [0.1, 0.15) is 27.6 Å². The highest BCUT2D eigenvalue weighted by molar-refractivity contribution is 6.30. The zero-order valence-corrected chi connectivity index (χ0v) is 13.4. The molecule has 0 aliphatic heterocycles. The predicted molar refractivity (Wildman–Crippen MR) is 93.8 cm³/mol. The van der Waals surface area contributed by atoms with Gasteiger partial charge in [-0.3, -0.25) is 0 Å². The third-order valence-corrected chi connectivity index (χ3v) is 4.99. The third kappa shape index (κ3) is 2.33. The normalized spacial score (nSPS) is 13.5. The minimum atomic E-state index is -0.112. The van der Waals surface area contributed by atoms with E-state index in [1.807, 2.05) is 24.3 Å². The molecule has 0 spiro atoms. The fourth-order valence-corrected chi connectivity index (χ4v) is 3.65. The number of hydrogen-bond acceptors (Lipinski definition) is 0. The number of benzene rings is 3. The first-order chi connectivity index (χ1) is 10.7. The molecule has 1 atom stereocenters. The second-order valence-corrected chi connectivity index (χ2v) is 6.54. The lowest BCUT2D eigenvalue weighted by molar-refractivity contribution is 1.12. The second kappa shape index (κ2) is 5.46. The SMILES string of the molecule is Clc1ccc2c(c1)Cc1cc(C(Cl)c3ccccc3)ccc1-2. The smallest absolute Gasteiger partial charge is 0.0835 e. The summed E-state index contributed by atoms with van der Waals surface area (Å²) >= 11 is 12.8. The molecular formula is C20H14Cl2. The van der Waals surface area contributed by atoms with Crippen LogP contribution >= 0.6 is 23.2 Å². The third-order valence-electron chi connectivity index (χ3n) is 4.25. The monoisotopic (exact) mass is 324 g/mol. The van der Waals surface area contributed by atoms with E-state index in [2.05, 4.69) is 42.5 Å². The average Bonchev–Trinajstić information content (AvgIpc) is 2.91. The van der Waals surface area contributed by atoms with Crippen molar-refractivity contribution in [1.82, 2.24) is 0 Å². The van der Waals surface area contributed by atoms with Crippen molar-refractivity contribution in [2.75, 3.05) is 0 Å². The van der Waals surface area contributed by atoms with E-state index in [0.29, 0.717) is 0 Å². The molecule has 0 N–H and O–H groups in total. The minimum absolute atomic E-state index is 0.112. The molecule has 0 saturated carbocycles. The van der Waals surface area contributed by atoms with E-state index in [4.69, 9.17) is 23.2 Å². The fourth-order valence-electron chi connectivity index (χ4n) is 3.17. The Morgan fingerprint density at radius 1 is 0.727 bits per heavy atom. The highest BCUT2D eigenvalue weighted by Gasteiger charge is 2.20. The maximum Gasteiger partial charge on any atom is 0.0835 e. The van der Waals surface area contributed by atoms with Gasteiger partial charge in [0, 0.05) is 5.02 Å². The molecule has 4 rings (SSSR count). The predicted octanol–water partition coefficient (Wildman–Crippen LogP) is 6.24. The van der Waals surface area contributed by atoms with Gasteiger partial charge in [-0.25, -0.2) is 0 Å². The molecule has 0 amide bonds. The van der Waals surface area contributed by atoms with E-state index in [9.17, 15) is 0 Å². The van der Waals surface area contributed by atoms with Crippen LogP contribution in [0.15, 0.2) is 66.7 Å². The summed E-state index contributed by atoms with van der Waals surface area (Å²) in [7, 11) is 0. The van der Waals surface area contributed by atoms with Crippen molar-refractivity contribution in [1.29, 1.82) is 0 Å². The molecule has 1 aliphatic carbocycles. The Morgan fingerprint density at radius 3 is 2.18 bits per heavy atom. The van der Waals surface area contributed by atoms with E-state index in [-0.39, 0.29) is 5.38 Å². The largest absolute Gasteiger partial charge is 0.113 e. The van der Waals surface area contributed by atoms with Crippen molar-refractivity contribution in [2.24, 2.45) is 0 Å². The summed E-state index contributed by atoms with van der Waals surface area (Å²) in [5.41, 5.74) is 7.49. The van der Waals surface area contributed by atoms with Crippen LogP contribution in [0.4, 0.5) is 0 Å². The molecule has 2 heteroatoms. The van der Waals surface area contributed by atoms with E-state index >= 15 is 0 Å². The lowest BCUT2D eigenvalue weighted by atomic mass is 9.99. The van der Waals surface area contributed by atoms with Crippen LogP contribution in [0.3, 0.4) is 0 Å². The van der Waals surface area contributed by atoms with Crippen LogP contribution in [-0.2, 0) is 6.42 Å². The molecule has 3 aromatic carbocycles. The Hall–Kier alpha value is -1.76. The van der Waals surface area contributed by atoms with Gasteiger partial charge < -0.3 is 0 Å². The van der Waals surface area contributed by atoms with Gasteiger partial charge in [-0.15, -0.1) is 11.6 Å². The van der Waals surface area contributed by atoms with E-state index in [0.717, 1.165) is 22.6 Å². The lowest BCUT2D eigenvalue weighted by Crippen LogP contribution is -1.94. The van der Waals surface area contributed by atoms with Crippen molar-refractivity contribution < 1.29 is 0 Å². The highest BCUT2D eigenvalue weighted by Crippen LogP contribution is 2.40. The Kier molecular flexibility index (Phi) is 3.44. The average molecular weight is 325 g/mol. The van der Waals surface area contributed by atoms with Crippen LogP contribution < -0.4 is 0 Å². The molecular weight excluding hydrogens is 311 g/mol. The van der Waals surface area contributed by atoms with Gasteiger partial charge in [0.2, 0.25) is 0 Å². The topological polar surface area (TPSA) is 0 Å². The lowest BCUT2D eigenvalue weighted by Gasteiger charge is -2.12. The number of alkyl halides is 1. The first-order valence-corrected chi connectivity index (χ1v) is 8.14. The highest BCUT2D eigenvalue weighted by atomic mass is 35.5. The maximum atomic E-state index is 6.65. The molecule has 0 nitrogen and oxygen atoms in total. The Bertz CT molecular complexity index is 838. The van der Waals surface area contributed by atoms with Gasteiger partial charge in [0.15, 0.2) is 0 Å². The van der Waals surface area contributed by atoms with E-state index in [1.165, 1.54) is 22.3 Å². The van der Waals surface area contributed by atoms with Gasteiger partial charge in [0.05, 0.1) is 5.38 Å². The summed E-state index contributed by atoms with van der Waals surface area (Å²) in [4.78, 5) is 0. The Labute approximate surface area is 140 Å². The minimum Gasteiger partial charge on any atom is -0.113 e. The summed E-state index contributed by atoms with van der Waals surface area (Å²) in [5.74, 6) is 0. The number of hydrogen-bond donors (Lipinski definition) is 0. The van der Waals surface area contributed by atoms with Crippen molar-refractivity contribution in [2.45, 2.75) is 11.8 Å². The van der Waals surface area contributed by atoms with Crippen molar-refractivity contribution in [3.8, 4) is 11.1 Å². The van der Waals surface area contributed by atoms with Crippen LogP contribution in [0.5, 0.6) is 0 Å². The molecule has 22 heavy (non-hydrogen) atoms. The van der Waals surface area contributed by atoms with Crippen LogP contribution in [0.25, 0.3) is 11.1 Å². The van der Waals surface area contributed by atoms with Gasteiger partial charge in [-0.2, -0.15) is 0 Å². The first kappa shape index (κ1) is 13.9. The molecule has 1 aliphatic rings. The Morgan fingerprint density at radius 2 is 1.41 bits per heavy atom. The van der Waals surface area contributed by atoms with Crippen LogP contribution in [0, 0.1) is 0 Å².